The van der Waals surface area contributed by atoms with E-state index in [1.165, 1.54) is 66.8 Å². The molecule has 7 rings (SSSR count). The summed E-state index contributed by atoms with van der Waals surface area (Å²) in [7, 11) is 0. The molecule has 0 aliphatic heterocycles. The van der Waals surface area contributed by atoms with Gasteiger partial charge in [-0.15, -0.1) is 70.6 Å². The van der Waals surface area contributed by atoms with Crippen molar-refractivity contribution < 1.29 is 0 Å². The molecule has 366 valence electrons. The lowest BCUT2D eigenvalue weighted by molar-refractivity contribution is 1.08. The van der Waals surface area contributed by atoms with Gasteiger partial charge in [-0.1, -0.05) is 252 Å². The molecule has 0 spiro atoms. The van der Waals surface area contributed by atoms with E-state index in [1.807, 2.05) is 0 Å². The van der Waals surface area contributed by atoms with Crippen LogP contribution >= 0.6 is 144 Å². The molecular formula is C60H54S12. The lowest BCUT2D eigenvalue weighted by atomic mass is 9.90. The number of thiocarbonyl (C=S) groups is 6. The van der Waals surface area contributed by atoms with Crippen LogP contribution < -0.4 is 0 Å². The fourth-order valence-corrected chi connectivity index (χ4v) is 15.0. The molecule has 0 atom stereocenters. The first-order valence-corrected chi connectivity index (χ1v) is 31.6. The van der Waals surface area contributed by atoms with Crippen molar-refractivity contribution >= 4 is 169 Å². The molecule has 0 heterocycles. The lowest BCUT2D eigenvalue weighted by Crippen LogP contribution is -2.14. The lowest BCUT2D eigenvalue weighted by Gasteiger charge is -2.27. The SMILES string of the molecule is Cc1ccc(C(=S)SCc2c(CSC(=S)c3ccc(C)cc3)c(CSC(=S)c3ccc(C)cc3)c(CSC(=S)c3ccc(C)cc3)c(CSC(=S)c3ccc(C)cc3)c2CSC(=S)c2ccc(C)cc2)cc1. The van der Waals surface area contributed by atoms with Crippen molar-refractivity contribution in [3.8, 4) is 0 Å². The second-order valence-electron chi connectivity index (χ2n) is 17.5. The highest BCUT2D eigenvalue weighted by atomic mass is 32.2. The Balaban J connectivity index is 1.44. The predicted molar refractivity (Wildman–Crippen MR) is 351 cm³/mol. The van der Waals surface area contributed by atoms with Gasteiger partial charge in [0, 0.05) is 34.5 Å². The second kappa shape index (κ2) is 27.8. The number of rotatable bonds is 18. The molecule has 0 amide bonds. The molecule has 0 saturated heterocycles. The second-order valence-corrected chi connectivity index (χ2v) is 27.4. The maximum absolute atomic E-state index is 6.28. The summed E-state index contributed by atoms with van der Waals surface area (Å²) >= 11 is 48.0. The Morgan fingerprint density at radius 2 is 0.333 bits per heavy atom. The van der Waals surface area contributed by atoms with E-state index in [1.54, 1.807) is 70.6 Å². The topological polar surface area (TPSA) is 0 Å². The van der Waals surface area contributed by atoms with Gasteiger partial charge in [0.25, 0.3) is 0 Å². The molecule has 0 N–H and O–H groups in total. The molecular weight excluding hydrogens is 1110 g/mol. The van der Waals surface area contributed by atoms with Gasteiger partial charge in [-0.3, -0.25) is 0 Å². The fraction of sp³-hybridized carbons (Fsp3) is 0.200. The van der Waals surface area contributed by atoms with Crippen molar-refractivity contribution in [3.05, 3.63) is 246 Å². The van der Waals surface area contributed by atoms with Gasteiger partial charge in [-0.25, -0.2) is 0 Å². The van der Waals surface area contributed by atoms with Crippen molar-refractivity contribution in [2.24, 2.45) is 0 Å². The van der Waals surface area contributed by atoms with Gasteiger partial charge < -0.3 is 0 Å². The van der Waals surface area contributed by atoms with E-state index in [9.17, 15) is 0 Å². The maximum atomic E-state index is 6.28. The standard InChI is InChI=1S/C60H54S12/c1-37-7-19-43(20-8-37)55(61)67-31-49-50(32-68-56(62)44-21-9-38(2)10-22-44)52(34-70-58(64)46-25-13-40(4)14-26-46)54(36-72-60(66)48-29-17-42(6)18-30-48)53(35-71-59(65)47-27-15-41(5)16-28-47)51(49)33-69-57(63)45-23-11-39(3)12-24-45/h7-30H,31-36H2,1-6H3. The highest BCUT2D eigenvalue weighted by Gasteiger charge is 2.27. The van der Waals surface area contributed by atoms with E-state index in [4.69, 9.17) is 73.3 Å². The first-order valence-electron chi connectivity index (χ1n) is 23.2. The Morgan fingerprint density at radius 3 is 0.444 bits per heavy atom. The van der Waals surface area contributed by atoms with Crippen LogP contribution in [0, 0.1) is 41.5 Å². The molecule has 0 aliphatic carbocycles. The number of hydrogen-bond acceptors (Lipinski definition) is 12. The van der Waals surface area contributed by atoms with E-state index < -0.39 is 0 Å². The van der Waals surface area contributed by atoms with Crippen molar-refractivity contribution in [2.75, 3.05) is 0 Å². The summed E-state index contributed by atoms with van der Waals surface area (Å²) in [5.41, 5.74) is 21.0. The van der Waals surface area contributed by atoms with Gasteiger partial charge in [0.2, 0.25) is 0 Å². The maximum Gasteiger partial charge on any atom is 0.0781 e. The summed E-state index contributed by atoms with van der Waals surface area (Å²) in [5, 5.41) is 0. The molecule has 0 fully saturated rings. The van der Waals surface area contributed by atoms with E-state index in [0.29, 0.717) is 34.5 Å². The van der Waals surface area contributed by atoms with Crippen LogP contribution in [0.2, 0.25) is 0 Å². The van der Waals surface area contributed by atoms with Crippen LogP contribution in [0.5, 0.6) is 0 Å². The Morgan fingerprint density at radius 1 is 0.222 bits per heavy atom. The molecule has 0 radical (unpaired) electrons. The molecule has 7 aromatic carbocycles. The van der Waals surface area contributed by atoms with Gasteiger partial charge in [0.05, 0.1) is 25.2 Å². The normalized spacial score (nSPS) is 11.1. The first kappa shape index (κ1) is 56.9. The van der Waals surface area contributed by atoms with Gasteiger partial charge in [-0.05, 0) is 108 Å². The minimum absolute atomic E-state index is 0.655. The zero-order valence-corrected chi connectivity index (χ0v) is 50.8. The predicted octanol–water partition coefficient (Wildman–Crippen LogP) is 19.2. The molecule has 0 nitrogen and oxygen atoms in total. The minimum Gasteiger partial charge on any atom is -0.109 e. The Hall–Kier alpha value is -2.82. The zero-order valence-electron chi connectivity index (χ0n) is 41.0. The van der Waals surface area contributed by atoms with E-state index in [0.717, 1.165) is 58.6 Å². The van der Waals surface area contributed by atoms with Gasteiger partial charge in [0.1, 0.15) is 0 Å². The van der Waals surface area contributed by atoms with E-state index >= 15 is 0 Å². The molecule has 0 bridgehead atoms. The average molecular weight is 1160 g/mol. The van der Waals surface area contributed by atoms with Crippen molar-refractivity contribution in [3.63, 3.8) is 0 Å². The summed E-state index contributed by atoms with van der Waals surface area (Å²) in [6.07, 6.45) is 0. The fourth-order valence-electron chi connectivity index (χ4n) is 7.60. The highest BCUT2D eigenvalue weighted by Crippen LogP contribution is 2.43. The Kier molecular flexibility index (Phi) is 22.0. The molecule has 0 unspecified atom stereocenters. The minimum atomic E-state index is 0.655. The van der Waals surface area contributed by atoms with Crippen LogP contribution in [-0.4, -0.2) is 25.2 Å². The van der Waals surface area contributed by atoms with Gasteiger partial charge in [-0.2, -0.15) is 0 Å². The van der Waals surface area contributed by atoms with Gasteiger partial charge in [0.15, 0.2) is 0 Å². The third kappa shape index (κ3) is 16.1. The van der Waals surface area contributed by atoms with Crippen molar-refractivity contribution in [2.45, 2.75) is 76.1 Å². The Bertz CT molecular complexity index is 2510. The quantitative estimate of drug-likeness (QED) is 0.0752. The smallest absolute Gasteiger partial charge is 0.0781 e. The largest absolute Gasteiger partial charge is 0.109 e. The van der Waals surface area contributed by atoms with Crippen molar-refractivity contribution in [1.82, 2.24) is 0 Å². The van der Waals surface area contributed by atoms with Crippen LogP contribution in [0.15, 0.2) is 146 Å². The van der Waals surface area contributed by atoms with Gasteiger partial charge >= 0.3 is 0 Å². The van der Waals surface area contributed by atoms with Crippen LogP contribution in [-0.2, 0) is 34.5 Å². The van der Waals surface area contributed by atoms with Crippen LogP contribution in [0.1, 0.15) is 100 Å². The summed E-state index contributed by atoms with van der Waals surface area (Å²) in [6, 6.07) is 51.3. The average Bonchev–Trinajstić information content (AvgIpc) is 3.38. The number of hydrogen-bond donors (Lipinski definition) is 0. The Labute approximate surface area is 485 Å². The third-order valence-corrected chi connectivity index (χ3v) is 21.1. The molecule has 72 heavy (non-hydrogen) atoms. The summed E-state index contributed by atoms with van der Waals surface area (Å²) in [6.45, 7) is 12.7. The van der Waals surface area contributed by atoms with Crippen LogP contribution in [0.25, 0.3) is 0 Å². The van der Waals surface area contributed by atoms with E-state index in [2.05, 4.69) is 187 Å². The summed E-state index contributed by atoms with van der Waals surface area (Å²) < 4.78 is 5.13. The molecule has 7 aromatic rings. The number of benzene rings is 7. The molecule has 12 heteroatoms. The monoisotopic (exact) mass is 1160 g/mol. The van der Waals surface area contributed by atoms with E-state index in [-0.39, 0.29) is 0 Å². The number of thioether (sulfide) groups is 6. The molecule has 0 saturated carbocycles. The summed E-state index contributed by atoms with van der Waals surface area (Å²) in [5.74, 6) is 3.93. The first-order chi connectivity index (χ1) is 34.6. The summed E-state index contributed by atoms with van der Waals surface area (Å²) in [4.78, 5) is 0. The van der Waals surface area contributed by atoms with Crippen LogP contribution in [0.3, 0.4) is 0 Å². The molecule has 0 aromatic heterocycles. The zero-order chi connectivity index (χ0) is 51.3. The highest BCUT2D eigenvalue weighted by molar-refractivity contribution is 8.25. The molecule has 0 aliphatic rings. The third-order valence-electron chi connectivity index (χ3n) is 12.0. The van der Waals surface area contributed by atoms with Crippen LogP contribution in [0.4, 0.5) is 0 Å². The van der Waals surface area contributed by atoms with Crippen molar-refractivity contribution in [1.29, 1.82) is 0 Å². The number of aryl methyl sites for hydroxylation is 6.